The van der Waals surface area contributed by atoms with E-state index >= 15 is 0 Å². The lowest BCUT2D eigenvalue weighted by Gasteiger charge is -2.21. The minimum atomic E-state index is -0.191. The maximum Gasteiger partial charge on any atom is 0.123 e. The highest BCUT2D eigenvalue weighted by atomic mass is 16.5. The van der Waals surface area contributed by atoms with E-state index in [-0.39, 0.29) is 12.1 Å². The Morgan fingerprint density at radius 3 is 2.68 bits per heavy atom. The fourth-order valence-electron chi connectivity index (χ4n) is 2.55. The molecule has 0 aromatic heterocycles. The number of nitrogens with two attached hydrogens (primary N) is 1. The average molecular weight is 255 g/mol. The van der Waals surface area contributed by atoms with Crippen LogP contribution in [-0.4, -0.2) is 13.2 Å². The lowest BCUT2D eigenvalue weighted by atomic mass is 9.98. The quantitative estimate of drug-likeness (QED) is 0.917. The van der Waals surface area contributed by atoms with Crippen molar-refractivity contribution < 1.29 is 9.47 Å². The summed E-state index contributed by atoms with van der Waals surface area (Å²) in [5.74, 6) is 1.76. The molecule has 0 saturated carbocycles. The third-order valence-electron chi connectivity index (χ3n) is 3.57. The van der Waals surface area contributed by atoms with Crippen LogP contribution >= 0.6 is 0 Å². The van der Waals surface area contributed by atoms with Gasteiger partial charge in [0.05, 0.1) is 13.2 Å². The van der Waals surface area contributed by atoms with Crippen LogP contribution in [0.5, 0.6) is 11.5 Å². The van der Waals surface area contributed by atoms with E-state index in [0.29, 0.717) is 0 Å². The number of hydrogen-bond acceptors (Lipinski definition) is 3. The van der Waals surface area contributed by atoms with Crippen LogP contribution in [0.1, 0.15) is 17.2 Å². The van der Waals surface area contributed by atoms with Gasteiger partial charge in [-0.1, -0.05) is 36.4 Å². The maximum absolute atomic E-state index is 6.35. The number of benzene rings is 2. The minimum absolute atomic E-state index is 0.0336. The van der Waals surface area contributed by atoms with E-state index in [1.165, 1.54) is 5.56 Å². The Hall–Kier alpha value is -2.00. The van der Waals surface area contributed by atoms with Crippen LogP contribution in [0.4, 0.5) is 0 Å². The second-order valence-corrected chi connectivity index (χ2v) is 4.74. The van der Waals surface area contributed by atoms with Crippen LogP contribution in [0, 0.1) is 0 Å². The number of methoxy groups -OCH3 is 1. The Labute approximate surface area is 113 Å². The van der Waals surface area contributed by atoms with Gasteiger partial charge in [0.15, 0.2) is 0 Å². The number of hydrogen-bond donors (Lipinski definition) is 1. The summed E-state index contributed by atoms with van der Waals surface area (Å²) in [5, 5.41) is 0. The monoisotopic (exact) mass is 255 g/mol. The van der Waals surface area contributed by atoms with Gasteiger partial charge in [-0.3, -0.25) is 0 Å². The molecule has 1 aliphatic heterocycles. The first kappa shape index (κ1) is 12.1. The summed E-state index contributed by atoms with van der Waals surface area (Å²) >= 11 is 0. The van der Waals surface area contributed by atoms with Gasteiger partial charge in [0.1, 0.15) is 17.6 Å². The van der Waals surface area contributed by atoms with Gasteiger partial charge >= 0.3 is 0 Å². The summed E-state index contributed by atoms with van der Waals surface area (Å²) in [6.45, 7) is 0. The number of para-hydroxylation sites is 2. The second-order valence-electron chi connectivity index (χ2n) is 4.74. The van der Waals surface area contributed by atoms with Crippen LogP contribution in [-0.2, 0) is 6.42 Å². The zero-order valence-corrected chi connectivity index (χ0v) is 10.9. The molecule has 0 spiro atoms. The van der Waals surface area contributed by atoms with Crippen molar-refractivity contribution in [1.29, 1.82) is 0 Å². The van der Waals surface area contributed by atoms with Gasteiger partial charge in [-0.05, 0) is 17.7 Å². The molecule has 3 rings (SSSR count). The smallest absolute Gasteiger partial charge is 0.123 e. The highest BCUT2D eigenvalue weighted by Crippen LogP contribution is 2.35. The van der Waals surface area contributed by atoms with E-state index in [1.54, 1.807) is 7.11 Å². The van der Waals surface area contributed by atoms with Gasteiger partial charge in [0.2, 0.25) is 0 Å². The molecule has 19 heavy (non-hydrogen) atoms. The molecule has 0 bridgehead atoms. The third kappa shape index (κ3) is 2.17. The predicted molar refractivity (Wildman–Crippen MR) is 74.5 cm³/mol. The summed E-state index contributed by atoms with van der Waals surface area (Å²) < 4.78 is 11.3. The summed E-state index contributed by atoms with van der Waals surface area (Å²) in [6.07, 6.45) is 0.809. The Balaban J connectivity index is 1.85. The van der Waals surface area contributed by atoms with E-state index in [2.05, 4.69) is 6.07 Å². The third-order valence-corrected chi connectivity index (χ3v) is 3.57. The van der Waals surface area contributed by atoms with Crippen molar-refractivity contribution >= 4 is 0 Å². The van der Waals surface area contributed by atoms with Crippen molar-refractivity contribution in [2.75, 3.05) is 7.11 Å². The van der Waals surface area contributed by atoms with Gasteiger partial charge in [0.25, 0.3) is 0 Å². The van der Waals surface area contributed by atoms with Gasteiger partial charge in [-0.2, -0.15) is 0 Å². The molecule has 0 saturated heterocycles. The molecule has 2 aromatic carbocycles. The van der Waals surface area contributed by atoms with Crippen LogP contribution in [0.2, 0.25) is 0 Å². The summed E-state index contributed by atoms with van der Waals surface area (Å²) in [5.41, 5.74) is 8.56. The van der Waals surface area contributed by atoms with E-state index in [1.807, 2.05) is 42.5 Å². The highest BCUT2D eigenvalue weighted by Gasteiger charge is 2.30. The lowest BCUT2D eigenvalue weighted by molar-refractivity contribution is 0.197. The molecule has 1 heterocycles. The average Bonchev–Trinajstić information content (AvgIpc) is 2.90. The normalized spacial score (nSPS) is 18.5. The first-order valence-electron chi connectivity index (χ1n) is 6.42. The molecule has 0 amide bonds. The molecule has 2 N–H and O–H groups in total. The Kier molecular flexibility index (Phi) is 3.13. The van der Waals surface area contributed by atoms with Gasteiger partial charge in [-0.25, -0.2) is 0 Å². The Bertz CT molecular complexity index is 557. The van der Waals surface area contributed by atoms with Gasteiger partial charge < -0.3 is 15.2 Å². The molecule has 3 nitrogen and oxygen atoms in total. The summed E-state index contributed by atoms with van der Waals surface area (Å²) in [4.78, 5) is 0. The van der Waals surface area contributed by atoms with Crippen molar-refractivity contribution in [3.05, 3.63) is 59.7 Å². The first-order chi connectivity index (χ1) is 9.29. The van der Waals surface area contributed by atoms with Crippen molar-refractivity contribution in [2.45, 2.75) is 18.6 Å². The SMILES string of the molecule is COc1ccccc1C(N)C1Cc2ccccc2O1. The van der Waals surface area contributed by atoms with E-state index in [4.69, 9.17) is 15.2 Å². The Morgan fingerprint density at radius 2 is 1.89 bits per heavy atom. The minimum Gasteiger partial charge on any atom is -0.496 e. The lowest BCUT2D eigenvalue weighted by Crippen LogP contribution is -2.30. The van der Waals surface area contributed by atoms with E-state index in [0.717, 1.165) is 23.5 Å². The molecule has 3 heteroatoms. The van der Waals surface area contributed by atoms with Crippen molar-refractivity contribution in [3.63, 3.8) is 0 Å². The molecular formula is C16H17NO2. The fraction of sp³-hybridized carbons (Fsp3) is 0.250. The van der Waals surface area contributed by atoms with Gasteiger partial charge in [0, 0.05) is 12.0 Å². The largest absolute Gasteiger partial charge is 0.496 e. The molecule has 1 aliphatic rings. The van der Waals surface area contributed by atoms with Crippen LogP contribution in [0.3, 0.4) is 0 Å². The zero-order valence-electron chi connectivity index (χ0n) is 10.9. The molecule has 2 atom stereocenters. The number of ether oxygens (including phenoxy) is 2. The van der Waals surface area contributed by atoms with Crippen LogP contribution in [0.15, 0.2) is 48.5 Å². The summed E-state index contributed by atoms with van der Waals surface area (Å²) in [7, 11) is 1.66. The highest BCUT2D eigenvalue weighted by molar-refractivity contribution is 5.41. The maximum atomic E-state index is 6.35. The number of fused-ring (bicyclic) bond motifs is 1. The van der Waals surface area contributed by atoms with Crippen molar-refractivity contribution in [3.8, 4) is 11.5 Å². The number of rotatable bonds is 3. The van der Waals surface area contributed by atoms with Gasteiger partial charge in [-0.15, -0.1) is 0 Å². The predicted octanol–water partition coefficient (Wildman–Crippen LogP) is 2.70. The molecule has 0 aliphatic carbocycles. The zero-order chi connectivity index (χ0) is 13.2. The Morgan fingerprint density at radius 1 is 1.16 bits per heavy atom. The molecule has 98 valence electrons. The van der Waals surface area contributed by atoms with Crippen molar-refractivity contribution in [2.24, 2.45) is 5.73 Å². The summed E-state index contributed by atoms with van der Waals surface area (Å²) in [6, 6.07) is 15.7. The molecule has 0 fully saturated rings. The van der Waals surface area contributed by atoms with Crippen molar-refractivity contribution in [1.82, 2.24) is 0 Å². The van der Waals surface area contributed by atoms with Crippen LogP contribution in [0.25, 0.3) is 0 Å². The molecule has 0 radical (unpaired) electrons. The molecular weight excluding hydrogens is 238 g/mol. The topological polar surface area (TPSA) is 44.5 Å². The van der Waals surface area contributed by atoms with E-state index < -0.39 is 0 Å². The molecule has 2 unspecified atom stereocenters. The molecule has 2 aromatic rings. The standard InChI is InChI=1S/C16H17NO2/c1-18-14-9-5-3-7-12(14)16(17)15-10-11-6-2-4-8-13(11)19-15/h2-9,15-16H,10,17H2,1H3. The first-order valence-corrected chi connectivity index (χ1v) is 6.42. The van der Waals surface area contributed by atoms with E-state index in [9.17, 15) is 0 Å². The van der Waals surface area contributed by atoms with Crippen LogP contribution < -0.4 is 15.2 Å². The fourth-order valence-corrected chi connectivity index (χ4v) is 2.55. The second kappa shape index (κ2) is 4.94.